The van der Waals surface area contributed by atoms with Crippen LogP contribution < -0.4 is 5.73 Å². The van der Waals surface area contributed by atoms with Crippen LogP contribution in [-0.4, -0.2) is 31.3 Å². The number of nitrogens with two attached hydrogens (primary N) is 1. The van der Waals surface area contributed by atoms with Gasteiger partial charge in [0.2, 0.25) is 10.0 Å². The van der Waals surface area contributed by atoms with E-state index in [4.69, 9.17) is 18.0 Å². The topological polar surface area (TPSA) is 63.4 Å². The maximum Gasteiger partial charge on any atom is 0.242 e. The summed E-state index contributed by atoms with van der Waals surface area (Å²) >= 11 is 4.84. The molecule has 0 saturated carbocycles. The molecule has 0 amide bonds. The van der Waals surface area contributed by atoms with Crippen molar-refractivity contribution in [2.75, 3.05) is 13.6 Å². The first-order valence-corrected chi connectivity index (χ1v) is 8.21. The molecule has 6 heteroatoms. The lowest BCUT2D eigenvalue weighted by molar-refractivity contribution is 0.311. The third-order valence-electron chi connectivity index (χ3n) is 2.71. The number of benzene rings is 1. The van der Waals surface area contributed by atoms with Crippen LogP contribution in [0.25, 0.3) is 0 Å². The Morgan fingerprint density at radius 2 is 1.75 bits per heavy atom. The van der Waals surface area contributed by atoms with Gasteiger partial charge >= 0.3 is 0 Å². The normalized spacial score (nSPS) is 12.7. The van der Waals surface area contributed by atoms with Crippen LogP contribution >= 0.6 is 12.2 Å². The van der Waals surface area contributed by atoms with Crippen LogP contribution in [0.2, 0.25) is 0 Å². The van der Waals surface area contributed by atoms with Crippen molar-refractivity contribution in [1.29, 1.82) is 0 Å². The van der Waals surface area contributed by atoms with E-state index in [1.165, 1.54) is 4.31 Å². The van der Waals surface area contributed by atoms with E-state index in [0.29, 0.717) is 18.0 Å². The molecule has 0 saturated heterocycles. The average Bonchev–Trinajstić information content (AvgIpc) is 2.26. The van der Waals surface area contributed by atoms with Gasteiger partial charge in [0.25, 0.3) is 0 Å². The Bertz CT molecular complexity index is 572. The van der Waals surface area contributed by atoms with Crippen molar-refractivity contribution in [1.82, 2.24) is 4.31 Å². The Hall–Kier alpha value is -0.980. The Labute approximate surface area is 127 Å². The monoisotopic (exact) mass is 314 g/mol. The van der Waals surface area contributed by atoms with Crippen LogP contribution in [-0.2, 0) is 16.4 Å². The van der Waals surface area contributed by atoms with Gasteiger partial charge in [0.15, 0.2) is 0 Å². The number of nitrogens with zero attached hydrogens (tertiary/aromatic N) is 1. The first-order chi connectivity index (χ1) is 9.02. The number of hydrogen-bond donors (Lipinski definition) is 1. The Morgan fingerprint density at radius 3 is 2.15 bits per heavy atom. The largest absolute Gasteiger partial charge is 0.393 e. The summed E-state index contributed by atoms with van der Waals surface area (Å²) in [4.78, 5) is 0.682. The van der Waals surface area contributed by atoms with Crippen molar-refractivity contribution >= 4 is 27.2 Å². The average molecular weight is 314 g/mol. The summed E-state index contributed by atoms with van der Waals surface area (Å²) in [7, 11) is -1.85. The summed E-state index contributed by atoms with van der Waals surface area (Å²) in [5.74, 6) is 0. The number of rotatable bonds is 5. The summed E-state index contributed by atoms with van der Waals surface area (Å²) in [6.07, 6.45) is 0.480. The molecule has 20 heavy (non-hydrogen) atoms. The molecule has 1 aromatic carbocycles. The molecule has 0 radical (unpaired) electrons. The highest BCUT2D eigenvalue weighted by atomic mass is 32.2. The van der Waals surface area contributed by atoms with E-state index in [1.807, 2.05) is 20.8 Å². The van der Waals surface area contributed by atoms with E-state index in [0.717, 1.165) is 5.56 Å². The van der Waals surface area contributed by atoms with Gasteiger partial charge in [-0.25, -0.2) is 12.7 Å². The van der Waals surface area contributed by atoms with E-state index in [2.05, 4.69) is 0 Å². The lowest BCUT2D eigenvalue weighted by atomic mass is 9.97. The highest BCUT2D eigenvalue weighted by molar-refractivity contribution is 7.89. The van der Waals surface area contributed by atoms with Crippen molar-refractivity contribution in [3.05, 3.63) is 29.8 Å². The first-order valence-electron chi connectivity index (χ1n) is 6.36. The van der Waals surface area contributed by atoms with Crippen molar-refractivity contribution < 1.29 is 8.42 Å². The second kappa shape index (κ2) is 6.20. The quantitative estimate of drug-likeness (QED) is 0.846. The second-order valence-electron chi connectivity index (χ2n) is 6.11. The van der Waals surface area contributed by atoms with Gasteiger partial charge in [0.05, 0.1) is 9.88 Å². The summed E-state index contributed by atoms with van der Waals surface area (Å²) < 4.78 is 26.2. The maximum atomic E-state index is 12.4. The van der Waals surface area contributed by atoms with Crippen molar-refractivity contribution in [2.24, 2.45) is 11.1 Å². The number of thiocarbonyl (C=S) groups is 1. The molecule has 1 rings (SSSR count). The van der Waals surface area contributed by atoms with Crippen LogP contribution in [0.1, 0.15) is 26.3 Å². The fourth-order valence-corrected chi connectivity index (χ4v) is 3.48. The highest BCUT2D eigenvalue weighted by Crippen LogP contribution is 2.21. The molecule has 112 valence electrons. The smallest absolute Gasteiger partial charge is 0.242 e. The SMILES string of the molecule is CN(CC(C)(C)C)S(=O)(=O)c1ccc(CC(N)=S)cc1. The van der Waals surface area contributed by atoms with Crippen LogP contribution in [0.4, 0.5) is 0 Å². The zero-order chi connectivity index (χ0) is 15.6. The molecule has 0 atom stereocenters. The van der Waals surface area contributed by atoms with Gasteiger partial charge in [-0.15, -0.1) is 0 Å². The summed E-state index contributed by atoms with van der Waals surface area (Å²) in [5, 5.41) is 0. The zero-order valence-corrected chi connectivity index (χ0v) is 14.0. The van der Waals surface area contributed by atoms with Gasteiger partial charge in [-0.05, 0) is 23.1 Å². The van der Waals surface area contributed by atoms with E-state index >= 15 is 0 Å². The van der Waals surface area contributed by atoms with E-state index in [1.54, 1.807) is 31.3 Å². The second-order valence-corrected chi connectivity index (χ2v) is 8.68. The maximum absolute atomic E-state index is 12.4. The van der Waals surface area contributed by atoms with Crippen molar-refractivity contribution in [3.63, 3.8) is 0 Å². The minimum absolute atomic E-state index is 0.0898. The molecule has 0 spiro atoms. The lowest BCUT2D eigenvalue weighted by Gasteiger charge is -2.26. The predicted molar refractivity (Wildman–Crippen MR) is 86.2 cm³/mol. The molecule has 0 aliphatic rings. The van der Waals surface area contributed by atoms with E-state index in [-0.39, 0.29) is 10.3 Å². The van der Waals surface area contributed by atoms with Crippen molar-refractivity contribution in [3.8, 4) is 0 Å². The standard InChI is InChI=1S/C14H22N2O2S2/c1-14(2,3)10-16(4)20(17,18)12-7-5-11(6-8-12)9-13(15)19/h5-8H,9-10H2,1-4H3,(H2,15,19). The molecule has 0 fully saturated rings. The Kier molecular flexibility index (Phi) is 5.29. The van der Waals surface area contributed by atoms with Gasteiger partial charge in [0.1, 0.15) is 0 Å². The minimum atomic E-state index is -3.45. The summed E-state index contributed by atoms with van der Waals surface area (Å²) in [5.41, 5.74) is 6.29. The molecule has 1 aromatic rings. The fourth-order valence-electron chi connectivity index (χ4n) is 1.91. The third-order valence-corrected chi connectivity index (χ3v) is 4.67. The van der Waals surface area contributed by atoms with Crippen molar-refractivity contribution in [2.45, 2.75) is 32.1 Å². The molecule has 4 nitrogen and oxygen atoms in total. The Balaban J connectivity index is 2.95. The molecular weight excluding hydrogens is 292 g/mol. The highest BCUT2D eigenvalue weighted by Gasteiger charge is 2.25. The van der Waals surface area contributed by atoms with Gasteiger partial charge in [-0.1, -0.05) is 45.1 Å². The van der Waals surface area contributed by atoms with Crippen LogP contribution in [0, 0.1) is 5.41 Å². The van der Waals surface area contributed by atoms with Gasteiger partial charge < -0.3 is 5.73 Å². The number of hydrogen-bond acceptors (Lipinski definition) is 3. The van der Waals surface area contributed by atoms with Gasteiger partial charge in [0, 0.05) is 20.0 Å². The summed E-state index contributed by atoms with van der Waals surface area (Å²) in [6, 6.07) is 6.69. The number of sulfonamides is 1. The lowest BCUT2D eigenvalue weighted by Crippen LogP contribution is -2.34. The molecular formula is C14H22N2O2S2. The van der Waals surface area contributed by atoms with Crippen LogP contribution in [0.3, 0.4) is 0 Å². The molecule has 0 aromatic heterocycles. The Morgan fingerprint density at radius 1 is 1.25 bits per heavy atom. The van der Waals surface area contributed by atoms with E-state index < -0.39 is 10.0 Å². The van der Waals surface area contributed by atoms with Gasteiger partial charge in [-0.3, -0.25) is 0 Å². The molecule has 0 bridgehead atoms. The molecule has 0 unspecified atom stereocenters. The van der Waals surface area contributed by atoms with Crippen LogP contribution in [0.5, 0.6) is 0 Å². The first kappa shape index (κ1) is 17.1. The fraction of sp³-hybridized carbons (Fsp3) is 0.500. The van der Waals surface area contributed by atoms with E-state index in [9.17, 15) is 8.42 Å². The molecule has 0 aliphatic heterocycles. The molecule has 0 aliphatic carbocycles. The molecule has 2 N–H and O–H groups in total. The summed E-state index contributed by atoms with van der Waals surface area (Å²) in [6.45, 7) is 6.48. The molecule has 0 heterocycles. The zero-order valence-electron chi connectivity index (χ0n) is 12.4. The van der Waals surface area contributed by atoms with Gasteiger partial charge in [-0.2, -0.15) is 0 Å². The third kappa shape index (κ3) is 4.85. The minimum Gasteiger partial charge on any atom is -0.393 e. The van der Waals surface area contributed by atoms with Crippen LogP contribution in [0.15, 0.2) is 29.2 Å². The predicted octanol–water partition coefficient (Wildman–Crippen LogP) is 2.18.